The van der Waals surface area contributed by atoms with E-state index in [1.165, 1.54) is 0 Å². The number of carbonyl (C=O) groups is 1. The third-order valence-corrected chi connectivity index (χ3v) is 2.75. The van der Waals surface area contributed by atoms with Crippen molar-refractivity contribution in [1.29, 1.82) is 0 Å². The molecule has 0 bridgehead atoms. The van der Waals surface area contributed by atoms with Crippen LogP contribution in [-0.4, -0.2) is 29.8 Å². The zero-order valence-corrected chi connectivity index (χ0v) is 12.0. The molecule has 2 aromatic rings. The summed E-state index contributed by atoms with van der Waals surface area (Å²) in [6.45, 7) is 2.81. The van der Waals surface area contributed by atoms with E-state index < -0.39 is 0 Å². The summed E-state index contributed by atoms with van der Waals surface area (Å²) in [5.74, 6) is 1.59. The molecule has 112 valence electrons. The molecule has 0 radical (unpaired) electrons. The molecule has 0 unspecified atom stereocenters. The summed E-state index contributed by atoms with van der Waals surface area (Å²) in [5, 5.41) is 9.23. The van der Waals surface area contributed by atoms with Gasteiger partial charge < -0.3 is 19.9 Å². The highest BCUT2D eigenvalue weighted by molar-refractivity contribution is 5.73. The molecule has 0 saturated heterocycles. The first-order valence-electron chi connectivity index (χ1n) is 6.71. The Morgan fingerprint density at radius 1 is 1.29 bits per heavy atom. The van der Waals surface area contributed by atoms with Crippen molar-refractivity contribution < 1.29 is 14.1 Å². The average molecular weight is 290 g/mol. The fourth-order valence-corrected chi connectivity index (χ4v) is 1.64. The Bertz CT molecular complexity index is 580. The molecule has 0 atom stereocenters. The molecule has 2 amide bonds. The number of nitrogens with zero attached hydrogens (tertiary/aromatic N) is 2. The van der Waals surface area contributed by atoms with Crippen molar-refractivity contribution in [2.75, 3.05) is 13.7 Å². The molecular weight excluding hydrogens is 272 g/mol. The van der Waals surface area contributed by atoms with Gasteiger partial charge in [-0.2, -0.15) is 4.98 Å². The smallest absolute Gasteiger partial charge is 0.315 e. The van der Waals surface area contributed by atoms with Gasteiger partial charge in [0, 0.05) is 12.1 Å². The molecule has 0 aliphatic rings. The lowest BCUT2D eigenvalue weighted by atomic mass is 10.2. The van der Waals surface area contributed by atoms with Gasteiger partial charge in [-0.15, -0.1) is 0 Å². The van der Waals surface area contributed by atoms with Crippen molar-refractivity contribution in [3.8, 4) is 17.1 Å². The van der Waals surface area contributed by atoms with Crippen molar-refractivity contribution >= 4 is 6.03 Å². The monoisotopic (exact) mass is 290 g/mol. The minimum atomic E-state index is -0.249. The Morgan fingerprint density at radius 3 is 2.71 bits per heavy atom. The van der Waals surface area contributed by atoms with Crippen molar-refractivity contribution in [1.82, 2.24) is 20.8 Å². The highest BCUT2D eigenvalue weighted by atomic mass is 16.5. The molecule has 7 nitrogen and oxygen atoms in total. The van der Waals surface area contributed by atoms with E-state index in [2.05, 4.69) is 20.8 Å². The molecule has 1 aromatic heterocycles. The van der Waals surface area contributed by atoms with E-state index in [0.717, 1.165) is 17.7 Å². The van der Waals surface area contributed by atoms with Gasteiger partial charge in [-0.1, -0.05) is 12.1 Å². The highest BCUT2D eigenvalue weighted by Gasteiger charge is 2.09. The summed E-state index contributed by atoms with van der Waals surface area (Å²) in [6, 6.07) is 7.08. The lowest BCUT2D eigenvalue weighted by Crippen LogP contribution is -2.35. The molecule has 0 spiro atoms. The van der Waals surface area contributed by atoms with Crippen LogP contribution >= 0.6 is 0 Å². The minimum absolute atomic E-state index is 0.193. The Morgan fingerprint density at radius 2 is 2.05 bits per heavy atom. The van der Waals surface area contributed by atoms with Gasteiger partial charge in [0.25, 0.3) is 0 Å². The lowest BCUT2D eigenvalue weighted by molar-refractivity contribution is 0.238. The second-order valence-corrected chi connectivity index (χ2v) is 4.35. The van der Waals surface area contributed by atoms with Gasteiger partial charge in [-0.05, 0) is 30.7 Å². The number of amides is 2. The normalized spacial score (nSPS) is 10.2. The Kier molecular flexibility index (Phi) is 5.14. The number of carbonyl (C=O) groups excluding carboxylic acids is 1. The molecule has 0 aliphatic heterocycles. The lowest BCUT2D eigenvalue weighted by Gasteiger charge is -2.03. The number of methoxy groups -OCH3 is 1. The van der Waals surface area contributed by atoms with Crippen LogP contribution in [0, 0.1) is 0 Å². The summed E-state index contributed by atoms with van der Waals surface area (Å²) in [7, 11) is 1.61. The average Bonchev–Trinajstić information content (AvgIpc) is 3.00. The topological polar surface area (TPSA) is 89.3 Å². The predicted octanol–water partition coefficient (Wildman–Crippen LogP) is 1.95. The van der Waals surface area contributed by atoms with Gasteiger partial charge in [0.15, 0.2) is 0 Å². The molecule has 21 heavy (non-hydrogen) atoms. The molecule has 2 rings (SSSR count). The predicted molar refractivity (Wildman–Crippen MR) is 76.8 cm³/mol. The molecule has 0 fully saturated rings. The van der Waals surface area contributed by atoms with Crippen LogP contribution in [0.4, 0.5) is 4.79 Å². The summed E-state index contributed by atoms with van der Waals surface area (Å²) < 4.78 is 10.2. The van der Waals surface area contributed by atoms with Crippen LogP contribution in [0.1, 0.15) is 19.2 Å². The van der Waals surface area contributed by atoms with E-state index in [1.54, 1.807) is 7.11 Å². The number of rotatable bonds is 6. The summed E-state index contributed by atoms with van der Waals surface area (Å²) >= 11 is 0. The van der Waals surface area contributed by atoms with Crippen LogP contribution in [-0.2, 0) is 6.54 Å². The molecule has 2 N–H and O–H groups in total. The van der Waals surface area contributed by atoms with Crippen molar-refractivity contribution in [2.45, 2.75) is 19.9 Å². The number of benzene rings is 1. The van der Waals surface area contributed by atoms with E-state index in [4.69, 9.17) is 9.26 Å². The second-order valence-electron chi connectivity index (χ2n) is 4.35. The first-order valence-corrected chi connectivity index (χ1v) is 6.71. The minimum Gasteiger partial charge on any atom is -0.497 e. The third-order valence-electron chi connectivity index (χ3n) is 2.75. The number of aromatic nitrogens is 2. The largest absolute Gasteiger partial charge is 0.497 e. The molecule has 1 heterocycles. The fraction of sp³-hybridized carbons (Fsp3) is 0.357. The van der Waals surface area contributed by atoms with Gasteiger partial charge in [-0.3, -0.25) is 0 Å². The Balaban J connectivity index is 1.92. The van der Waals surface area contributed by atoms with Crippen LogP contribution in [0.3, 0.4) is 0 Å². The van der Waals surface area contributed by atoms with Crippen LogP contribution < -0.4 is 15.4 Å². The van der Waals surface area contributed by atoms with Crippen LogP contribution in [0.15, 0.2) is 28.8 Å². The molecule has 0 saturated carbocycles. The second kappa shape index (κ2) is 7.28. The van der Waals surface area contributed by atoms with Gasteiger partial charge in [0.2, 0.25) is 11.7 Å². The standard InChI is InChI=1S/C14H18N4O3/c1-3-8-15-14(19)16-9-12-17-13(18-21-12)10-4-6-11(20-2)7-5-10/h4-7H,3,8-9H2,1-2H3,(H2,15,16,19). The maximum absolute atomic E-state index is 11.4. The van der Waals surface area contributed by atoms with Gasteiger partial charge in [0.1, 0.15) is 5.75 Å². The van der Waals surface area contributed by atoms with E-state index in [9.17, 15) is 4.79 Å². The number of nitrogens with one attached hydrogen (secondary N) is 2. The quantitative estimate of drug-likeness (QED) is 0.848. The van der Waals surface area contributed by atoms with E-state index >= 15 is 0 Å². The van der Waals surface area contributed by atoms with E-state index in [1.807, 2.05) is 31.2 Å². The highest BCUT2D eigenvalue weighted by Crippen LogP contribution is 2.19. The van der Waals surface area contributed by atoms with Crippen LogP contribution in [0.2, 0.25) is 0 Å². The van der Waals surface area contributed by atoms with Crippen molar-refractivity contribution in [3.05, 3.63) is 30.2 Å². The van der Waals surface area contributed by atoms with Crippen LogP contribution in [0.5, 0.6) is 5.75 Å². The Hall–Kier alpha value is -2.57. The summed E-state index contributed by atoms with van der Waals surface area (Å²) in [4.78, 5) is 15.6. The molecular formula is C14H18N4O3. The zero-order chi connectivity index (χ0) is 15.1. The number of hydrogen-bond acceptors (Lipinski definition) is 5. The maximum Gasteiger partial charge on any atom is 0.315 e. The molecule has 7 heteroatoms. The number of hydrogen-bond donors (Lipinski definition) is 2. The van der Waals surface area contributed by atoms with E-state index in [0.29, 0.717) is 18.3 Å². The van der Waals surface area contributed by atoms with E-state index in [-0.39, 0.29) is 12.6 Å². The first kappa shape index (κ1) is 14.8. The molecule has 0 aliphatic carbocycles. The van der Waals surface area contributed by atoms with Crippen molar-refractivity contribution in [2.24, 2.45) is 0 Å². The Labute approximate surface area is 122 Å². The number of ether oxygens (including phenoxy) is 1. The fourth-order valence-electron chi connectivity index (χ4n) is 1.64. The van der Waals surface area contributed by atoms with Crippen molar-refractivity contribution in [3.63, 3.8) is 0 Å². The van der Waals surface area contributed by atoms with Gasteiger partial charge in [-0.25, -0.2) is 4.79 Å². The zero-order valence-electron chi connectivity index (χ0n) is 12.0. The maximum atomic E-state index is 11.4. The summed E-state index contributed by atoms with van der Waals surface area (Å²) in [6.07, 6.45) is 0.885. The SMILES string of the molecule is CCCNC(=O)NCc1nc(-c2ccc(OC)cc2)no1. The third kappa shape index (κ3) is 4.20. The summed E-state index contributed by atoms with van der Waals surface area (Å²) in [5.41, 5.74) is 0.821. The van der Waals surface area contributed by atoms with Gasteiger partial charge >= 0.3 is 6.03 Å². The van der Waals surface area contributed by atoms with Crippen LogP contribution in [0.25, 0.3) is 11.4 Å². The first-order chi connectivity index (χ1) is 10.2. The van der Waals surface area contributed by atoms with Gasteiger partial charge in [0.05, 0.1) is 13.7 Å². The molecule has 1 aromatic carbocycles. The number of urea groups is 1.